The molecular formula is C41H66O13. The van der Waals surface area contributed by atoms with Crippen LogP contribution in [0.1, 0.15) is 106 Å². The Morgan fingerprint density at radius 2 is 1.37 bits per heavy atom. The van der Waals surface area contributed by atoms with Crippen molar-refractivity contribution in [1.82, 2.24) is 0 Å². The molecule has 0 aromatic heterocycles. The molecule has 0 aromatic rings. The maximum absolute atomic E-state index is 13.1. The van der Waals surface area contributed by atoms with Gasteiger partial charge in [0.1, 0.15) is 42.7 Å². The highest BCUT2D eigenvalue weighted by molar-refractivity contribution is 5.76. The predicted molar refractivity (Wildman–Crippen MR) is 193 cm³/mol. The average molecular weight is 767 g/mol. The zero-order valence-electron chi connectivity index (χ0n) is 32.9. The summed E-state index contributed by atoms with van der Waals surface area (Å²) in [6.45, 7) is 12.8. The van der Waals surface area contributed by atoms with Crippen LogP contribution >= 0.6 is 0 Å². The molecule has 0 spiro atoms. The van der Waals surface area contributed by atoms with Crippen LogP contribution in [0.25, 0.3) is 0 Å². The number of allylic oxidation sites excluding steroid dienone is 2. The number of hydrogen-bond donors (Lipinski definition) is 8. The summed E-state index contributed by atoms with van der Waals surface area (Å²) >= 11 is 0. The lowest BCUT2D eigenvalue weighted by Gasteiger charge is -2.71. The molecule has 0 bridgehead atoms. The molecule has 5 aliphatic carbocycles. The third-order valence-corrected chi connectivity index (χ3v) is 17.0. The van der Waals surface area contributed by atoms with Gasteiger partial charge in [0, 0.05) is 5.41 Å². The number of aliphatic hydroxyl groups excluding tert-OH is 7. The number of ether oxygens (including phenoxy) is 4. The van der Waals surface area contributed by atoms with Crippen LogP contribution in [-0.4, -0.2) is 128 Å². The fraction of sp³-hybridized carbons (Fsp3) is 0.927. The Kier molecular flexibility index (Phi) is 10.6. The molecule has 7 rings (SSSR count). The van der Waals surface area contributed by atoms with E-state index < -0.39 is 91.4 Å². The van der Waals surface area contributed by atoms with Crippen LogP contribution < -0.4 is 0 Å². The summed E-state index contributed by atoms with van der Waals surface area (Å²) in [5.74, 6) is -0.416. The first-order valence-electron chi connectivity index (χ1n) is 20.4. The summed E-state index contributed by atoms with van der Waals surface area (Å²) in [5, 5.41) is 83.7. The zero-order chi connectivity index (χ0) is 39.4. The van der Waals surface area contributed by atoms with Crippen molar-refractivity contribution in [3.05, 3.63) is 11.6 Å². The van der Waals surface area contributed by atoms with E-state index in [9.17, 15) is 45.6 Å². The summed E-state index contributed by atoms with van der Waals surface area (Å²) in [7, 11) is 0. The van der Waals surface area contributed by atoms with Gasteiger partial charge >= 0.3 is 5.97 Å². The van der Waals surface area contributed by atoms with Crippen molar-refractivity contribution in [3.63, 3.8) is 0 Å². The van der Waals surface area contributed by atoms with E-state index in [4.69, 9.17) is 18.9 Å². The number of fused-ring (bicyclic) bond motifs is 7. The summed E-state index contributed by atoms with van der Waals surface area (Å²) in [6, 6.07) is 0. The van der Waals surface area contributed by atoms with Gasteiger partial charge in [-0.2, -0.15) is 0 Å². The Hall–Kier alpha value is -1.23. The Morgan fingerprint density at radius 1 is 0.759 bits per heavy atom. The molecule has 13 nitrogen and oxygen atoms in total. The SMILES string of the molecule is CC1(C)CC[C@]2(C(=O)O)CC[C@]3(C)C(=CC[C@@H]4[C@@]5(C)CC[C@H](O[C@@H]6O[C@H](CO)[C@@H](O)[C@H](O)[C@H]6O)[C@@](C)(CO[C@H]6O[C@H](CO)[C@@H](O)[C@H]6O)[C@@H]5CC[C@]43C)[C@@H]2C1. The second-order valence-electron chi connectivity index (χ2n) is 20.1. The number of aliphatic carboxylic acids is 1. The van der Waals surface area contributed by atoms with Crippen molar-refractivity contribution < 1.29 is 64.6 Å². The second-order valence-corrected chi connectivity index (χ2v) is 20.1. The maximum atomic E-state index is 13.1. The van der Waals surface area contributed by atoms with Crippen LogP contribution in [-0.2, 0) is 23.7 Å². The van der Waals surface area contributed by atoms with Crippen molar-refractivity contribution in [3.8, 4) is 0 Å². The maximum Gasteiger partial charge on any atom is 0.310 e. The minimum atomic E-state index is -1.60. The Bertz CT molecular complexity index is 1450. The zero-order valence-corrected chi connectivity index (χ0v) is 32.9. The van der Waals surface area contributed by atoms with Gasteiger partial charge in [-0.05, 0) is 104 Å². The molecule has 8 N–H and O–H groups in total. The largest absolute Gasteiger partial charge is 0.481 e. The van der Waals surface area contributed by atoms with Crippen molar-refractivity contribution in [2.24, 2.45) is 50.2 Å². The highest BCUT2D eigenvalue weighted by atomic mass is 16.7. The average Bonchev–Trinajstić information content (AvgIpc) is 3.40. The third-order valence-electron chi connectivity index (χ3n) is 17.0. The van der Waals surface area contributed by atoms with Gasteiger partial charge in [-0.3, -0.25) is 4.79 Å². The standard InChI is InChI=1S/C41H66O13/c1-36(2)13-15-41(35(49)50)16-14-39(5)21(22(41)17-36)7-8-26-37(3)11-10-27(54-34-32(48)30(46)28(44)23(18-42)53-34)38(4,25(37)9-12-40(26,39)6)20-51-33-31(47)29(45)24(19-43)52-33/h7,22-34,42-48H,8-20H2,1-6H3,(H,49,50)/t22-,23+,24+,25+,26+,27-,28+,29+,30-,31+,32+,33-,34-,37-,38-,39+,40+,41-/m0/s1. The van der Waals surface area contributed by atoms with Crippen LogP contribution in [0.15, 0.2) is 11.6 Å². The van der Waals surface area contributed by atoms with Gasteiger partial charge in [0.15, 0.2) is 12.6 Å². The van der Waals surface area contributed by atoms with Crippen LogP contribution in [0.3, 0.4) is 0 Å². The molecule has 6 fully saturated rings. The monoisotopic (exact) mass is 766 g/mol. The summed E-state index contributed by atoms with van der Waals surface area (Å²) in [5.41, 5.74) is -0.632. The van der Waals surface area contributed by atoms with Crippen LogP contribution in [0.2, 0.25) is 0 Å². The van der Waals surface area contributed by atoms with Gasteiger partial charge in [0.2, 0.25) is 0 Å². The smallest absolute Gasteiger partial charge is 0.310 e. The van der Waals surface area contributed by atoms with E-state index in [0.29, 0.717) is 19.3 Å². The van der Waals surface area contributed by atoms with Gasteiger partial charge in [-0.25, -0.2) is 0 Å². The van der Waals surface area contributed by atoms with Gasteiger partial charge in [-0.15, -0.1) is 0 Å². The normalized spacial score (nSPS) is 54.1. The molecular weight excluding hydrogens is 700 g/mol. The number of aliphatic hydroxyl groups is 7. The molecule has 2 heterocycles. The van der Waals surface area contributed by atoms with Gasteiger partial charge in [0.25, 0.3) is 0 Å². The van der Waals surface area contributed by atoms with Crippen LogP contribution in [0.4, 0.5) is 0 Å². The number of rotatable bonds is 8. The molecule has 2 saturated heterocycles. The lowest BCUT2D eigenvalue weighted by atomic mass is 9.33. The molecule has 4 saturated carbocycles. The highest BCUT2D eigenvalue weighted by Crippen LogP contribution is 2.76. The van der Waals surface area contributed by atoms with Gasteiger partial charge in [-0.1, -0.05) is 53.2 Å². The van der Waals surface area contributed by atoms with E-state index in [0.717, 1.165) is 44.9 Å². The fourth-order valence-corrected chi connectivity index (χ4v) is 13.4. The molecule has 0 aromatic carbocycles. The number of hydrogen-bond acceptors (Lipinski definition) is 12. The first-order valence-corrected chi connectivity index (χ1v) is 20.4. The lowest BCUT2D eigenvalue weighted by molar-refractivity contribution is -0.336. The van der Waals surface area contributed by atoms with Crippen LogP contribution in [0, 0.1) is 50.2 Å². The first-order chi connectivity index (χ1) is 25.2. The van der Waals surface area contributed by atoms with E-state index >= 15 is 0 Å². The molecule has 54 heavy (non-hydrogen) atoms. The van der Waals surface area contributed by atoms with E-state index in [1.54, 1.807) is 0 Å². The highest BCUT2D eigenvalue weighted by Gasteiger charge is 2.70. The minimum absolute atomic E-state index is 0.00178. The molecule has 0 radical (unpaired) electrons. The van der Waals surface area contributed by atoms with Crippen molar-refractivity contribution >= 4 is 5.97 Å². The summed E-state index contributed by atoms with van der Waals surface area (Å²) in [6.07, 6.45) is -2.42. The van der Waals surface area contributed by atoms with Gasteiger partial charge < -0.3 is 59.8 Å². The van der Waals surface area contributed by atoms with E-state index in [1.165, 1.54) is 5.57 Å². The Labute approximate surface area is 319 Å². The Morgan fingerprint density at radius 3 is 2.02 bits per heavy atom. The van der Waals surface area contributed by atoms with Crippen molar-refractivity contribution in [2.45, 2.75) is 167 Å². The summed E-state index contributed by atoms with van der Waals surface area (Å²) in [4.78, 5) is 13.1. The molecule has 308 valence electrons. The van der Waals surface area contributed by atoms with E-state index in [-0.39, 0.29) is 46.0 Å². The topological polar surface area (TPSA) is 216 Å². The fourth-order valence-electron chi connectivity index (χ4n) is 13.4. The third kappa shape index (κ3) is 5.92. The second kappa shape index (κ2) is 14.0. The molecule has 0 amide bonds. The quantitative estimate of drug-likeness (QED) is 0.132. The van der Waals surface area contributed by atoms with E-state index in [1.807, 2.05) is 0 Å². The number of carboxylic acid groups (broad SMARTS) is 1. The van der Waals surface area contributed by atoms with E-state index in [2.05, 4.69) is 47.6 Å². The van der Waals surface area contributed by atoms with Crippen LogP contribution in [0.5, 0.6) is 0 Å². The molecule has 13 heteroatoms. The molecule has 2 aliphatic heterocycles. The minimum Gasteiger partial charge on any atom is -0.481 e. The van der Waals surface area contributed by atoms with Crippen molar-refractivity contribution in [1.29, 1.82) is 0 Å². The molecule has 0 unspecified atom stereocenters. The summed E-state index contributed by atoms with van der Waals surface area (Å²) < 4.78 is 24.5. The molecule has 7 aliphatic rings. The number of carboxylic acids is 1. The predicted octanol–water partition coefficient (Wildman–Crippen LogP) is 2.49. The Balaban J connectivity index is 1.23. The number of carbonyl (C=O) groups is 1. The van der Waals surface area contributed by atoms with Gasteiger partial charge in [0.05, 0.1) is 31.3 Å². The van der Waals surface area contributed by atoms with Crippen molar-refractivity contribution in [2.75, 3.05) is 19.8 Å². The lowest BCUT2D eigenvalue weighted by Crippen LogP contribution is -2.67. The first kappa shape index (κ1) is 40.9. The molecule has 18 atom stereocenters.